The van der Waals surface area contributed by atoms with E-state index in [2.05, 4.69) is 24.3 Å². The summed E-state index contributed by atoms with van der Waals surface area (Å²) in [5.74, 6) is 1.70. The molecule has 3 heteroatoms. The number of hydrogen-bond acceptors (Lipinski definition) is 3. The summed E-state index contributed by atoms with van der Waals surface area (Å²) in [6, 6.07) is 8.64. The summed E-state index contributed by atoms with van der Waals surface area (Å²) >= 11 is 0. The summed E-state index contributed by atoms with van der Waals surface area (Å²) in [6.45, 7) is 2.78. The summed E-state index contributed by atoms with van der Waals surface area (Å²) in [5, 5.41) is 0. The third-order valence-corrected chi connectivity index (χ3v) is 4.16. The van der Waals surface area contributed by atoms with Gasteiger partial charge in [0.25, 0.3) is 0 Å². The molecule has 1 unspecified atom stereocenters. The summed E-state index contributed by atoms with van der Waals surface area (Å²) in [6.07, 6.45) is 7.19. The first-order chi connectivity index (χ1) is 9.92. The molecule has 0 N–H and O–H groups in total. The van der Waals surface area contributed by atoms with Gasteiger partial charge in [-0.25, -0.2) is 0 Å². The number of ether oxygens (including phenoxy) is 3. The molecule has 2 aliphatic rings. The van der Waals surface area contributed by atoms with E-state index in [4.69, 9.17) is 14.2 Å². The molecule has 1 heterocycles. The average molecular weight is 276 g/mol. The van der Waals surface area contributed by atoms with Gasteiger partial charge in [-0.2, -0.15) is 0 Å². The summed E-state index contributed by atoms with van der Waals surface area (Å²) in [4.78, 5) is 0. The van der Waals surface area contributed by atoms with E-state index in [1.54, 1.807) is 0 Å². The maximum atomic E-state index is 5.68. The van der Waals surface area contributed by atoms with Gasteiger partial charge in [-0.1, -0.05) is 31.4 Å². The fraction of sp³-hybridized carbons (Fsp3) is 0.647. The molecule has 1 aliphatic heterocycles. The van der Waals surface area contributed by atoms with Gasteiger partial charge in [0.1, 0.15) is 18.5 Å². The minimum absolute atomic E-state index is 0.338. The predicted octanol–water partition coefficient (Wildman–Crippen LogP) is 3.53. The molecule has 1 aromatic rings. The van der Waals surface area contributed by atoms with Gasteiger partial charge in [0.05, 0.1) is 19.8 Å². The van der Waals surface area contributed by atoms with Crippen molar-refractivity contribution in [1.29, 1.82) is 0 Å². The highest BCUT2D eigenvalue weighted by Gasteiger charge is 2.22. The van der Waals surface area contributed by atoms with Crippen molar-refractivity contribution in [2.45, 2.75) is 44.1 Å². The molecule has 0 radical (unpaired) electrons. The Kier molecular flexibility index (Phi) is 4.93. The van der Waals surface area contributed by atoms with Crippen molar-refractivity contribution in [3.8, 4) is 5.75 Å². The molecule has 110 valence electrons. The Morgan fingerprint density at radius 2 is 1.75 bits per heavy atom. The van der Waals surface area contributed by atoms with Gasteiger partial charge in [0.15, 0.2) is 0 Å². The highest BCUT2D eigenvalue weighted by atomic mass is 16.6. The Morgan fingerprint density at radius 1 is 1.00 bits per heavy atom. The van der Waals surface area contributed by atoms with Gasteiger partial charge in [0.2, 0.25) is 0 Å². The van der Waals surface area contributed by atoms with Crippen molar-refractivity contribution in [1.82, 2.24) is 0 Å². The molecule has 1 saturated carbocycles. The molecule has 0 spiro atoms. The molecule has 0 bridgehead atoms. The minimum atomic E-state index is 0.338. The molecular formula is C17H24O3. The van der Waals surface area contributed by atoms with Crippen LogP contribution in [-0.4, -0.2) is 32.5 Å². The SMILES string of the molecule is c1cc(C2CCCCC2)ccc1OCCOCC1CO1. The molecule has 20 heavy (non-hydrogen) atoms. The van der Waals surface area contributed by atoms with Crippen molar-refractivity contribution < 1.29 is 14.2 Å². The number of benzene rings is 1. The van der Waals surface area contributed by atoms with Gasteiger partial charge in [-0.15, -0.1) is 0 Å². The topological polar surface area (TPSA) is 31.0 Å². The van der Waals surface area contributed by atoms with Crippen LogP contribution in [0.5, 0.6) is 5.75 Å². The molecular weight excluding hydrogens is 252 g/mol. The van der Waals surface area contributed by atoms with Gasteiger partial charge in [0, 0.05) is 0 Å². The fourth-order valence-electron chi connectivity index (χ4n) is 2.87. The van der Waals surface area contributed by atoms with Crippen LogP contribution >= 0.6 is 0 Å². The zero-order chi connectivity index (χ0) is 13.6. The van der Waals surface area contributed by atoms with Crippen LogP contribution < -0.4 is 4.74 Å². The van der Waals surface area contributed by atoms with E-state index in [0.717, 1.165) is 18.3 Å². The predicted molar refractivity (Wildman–Crippen MR) is 78.3 cm³/mol. The lowest BCUT2D eigenvalue weighted by Crippen LogP contribution is -2.10. The first-order valence-electron chi connectivity index (χ1n) is 7.84. The van der Waals surface area contributed by atoms with Crippen LogP contribution in [0.25, 0.3) is 0 Å². The quantitative estimate of drug-likeness (QED) is 0.564. The van der Waals surface area contributed by atoms with E-state index in [-0.39, 0.29) is 0 Å². The Hall–Kier alpha value is -1.06. The summed E-state index contributed by atoms with van der Waals surface area (Å²) in [5.41, 5.74) is 1.47. The van der Waals surface area contributed by atoms with E-state index in [0.29, 0.717) is 25.9 Å². The lowest BCUT2D eigenvalue weighted by molar-refractivity contribution is 0.0878. The molecule has 2 fully saturated rings. The molecule has 1 aliphatic carbocycles. The highest BCUT2D eigenvalue weighted by molar-refractivity contribution is 5.29. The van der Waals surface area contributed by atoms with Gasteiger partial charge in [-0.3, -0.25) is 0 Å². The average Bonchev–Trinajstić information content (AvgIpc) is 3.33. The highest BCUT2D eigenvalue weighted by Crippen LogP contribution is 2.33. The van der Waals surface area contributed by atoms with E-state index >= 15 is 0 Å². The van der Waals surface area contributed by atoms with Crippen LogP contribution in [-0.2, 0) is 9.47 Å². The van der Waals surface area contributed by atoms with Gasteiger partial charge >= 0.3 is 0 Å². The molecule has 1 aromatic carbocycles. The Labute approximate surface area is 121 Å². The number of hydrogen-bond donors (Lipinski definition) is 0. The lowest BCUT2D eigenvalue weighted by Gasteiger charge is -2.22. The lowest BCUT2D eigenvalue weighted by atomic mass is 9.84. The summed E-state index contributed by atoms with van der Waals surface area (Å²) < 4.78 is 16.2. The van der Waals surface area contributed by atoms with Crippen LogP contribution in [0.15, 0.2) is 24.3 Å². The Bertz CT molecular complexity index is 391. The standard InChI is InChI=1S/C17H24O3/c1-2-4-14(5-3-1)15-6-8-16(9-7-15)19-11-10-18-12-17-13-20-17/h6-9,14,17H,1-5,10-13H2. The molecule has 3 nitrogen and oxygen atoms in total. The molecule has 1 saturated heterocycles. The number of rotatable bonds is 7. The third-order valence-electron chi connectivity index (χ3n) is 4.16. The fourth-order valence-corrected chi connectivity index (χ4v) is 2.87. The van der Waals surface area contributed by atoms with Crippen molar-refractivity contribution in [3.63, 3.8) is 0 Å². The zero-order valence-corrected chi connectivity index (χ0v) is 12.1. The first kappa shape index (κ1) is 13.9. The Morgan fingerprint density at radius 3 is 2.45 bits per heavy atom. The maximum absolute atomic E-state index is 5.68. The molecule has 0 aromatic heterocycles. The van der Waals surface area contributed by atoms with E-state index in [9.17, 15) is 0 Å². The van der Waals surface area contributed by atoms with Crippen LogP contribution in [0.1, 0.15) is 43.6 Å². The van der Waals surface area contributed by atoms with Crippen molar-refractivity contribution in [2.75, 3.05) is 26.4 Å². The second-order valence-corrected chi connectivity index (χ2v) is 5.78. The van der Waals surface area contributed by atoms with Crippen molar-refractivity contribution >= 4 is 0 Å². The van der Waals surface area contributed by atoms with Crippen LogP contribution in [0.3, 0.4) is 0 Å². The Balaban J connectivity index is 1.38. The van der Waals surface area contributed by atoms with E-state index in [1.165, 1.54) is 37.7 Å². The van der Waals surface area contributed by atoms with Crippen molar-refractivity contribution in [3.05, 3.63) is 29.8 Å². The van der Waals surface area contributed by atoms with E-state index in [1.807, 2.05) is 0 Å². The normalized spacial score (nSPS) is 22.7. The summed E-state index contributed by atoms with van der Waals surface area (Å²) in [7, 11) is 0. The number of epoxide rings is 1. The van der Waals surface area contributed by atoms with Crippen LogP contribution in [0.4, 0.5) is 0 Å². The third kappa shape index (κ3) is 4.22. The zero-order valence-electron chi connectivity index (χ0n) is 12.1. The first-order valence-corrected chi connectivity index (χ1v) is 7.84. The van der Waals surface area contributed by atoms with Crippen LogP contribution in [0, 0.1) is 0 Å². The molecule has 0 amide bonds. The molecule has 1 atom stereocenters. The smallest absolute Gasteiger partial charge is 0.119 e. The van der Waals surface area contributed by atoms with Gasteiger partial charge in [-0.05, 0) is 36.5 Å². The molecule has 3 rings (SSSR count). The van der Waals surface area contributed by atoms with Gasteiger partial charge < -0.3 is 14.2 Å². The van der Waals surface area contributed by atoms with Crippen molar-refractivity contribution in [2.24, 2.45) is 0 Å². The van der Waals surface area contributed by atoms with E-state index < -0.39 is 0 Å². The second-order valence-electron chi connectivity index (χ2n) is 5.78. The minimum Gasteiger partial charge on any atom is -0.491 e. The second kappa shape index (κ2) is 7.09. The van der Waals surface area contributed by atoms with Crippen LogP contribution in [0.2, 0.25) is 0 Å². The maximum Gasteiger partial charge on any atom is 0.119 e. The largest absolute Gasteiger partial charge is 0.491 e. The monoisotopic (exact) mass is 276 g/mol.